The number of hydrogen-bond donors (Lipinski definition) is 0. The van der Waals surface area contributed by atoms with Gasteiger partial charge in [0.15, 0.2) is 5.82 Å². The Labute approximate surface area is 195 Å². The van der Waals surface area contributed by atoms with Crippen molar-refractivity contribution in [2.24, 2.45) is 5.92 Å². The van der Waals surface area contributed by atoms with Crippen LogP contribution < -0.4 is 0 Å². The van der Waals surface area contributed by atoms with Crippen molar-refractivity contribution in [3.63, 3.8) is 0 Å². The summed E-state index contributed by atoms with van der Waals surface area (Å²) in [5.41, 5.74) is -3.18. The Balaban J connectivity index is 1.75. The molecule has 1 aromatic carbocycles. The number of thiocarbonyl (C=S) groups is 1. The van der Waals surface area contributed by atoms with E-state index in [1.807, 2.05) is 0 Å². The third-order valence-electron chi connectivity index (χ3n) is 5.40. The molecule has 0 spiro atoms. The van der Waals surface area contributed by atoms with E-state index >= 15 is 0 Å². The van der Waals surface area contributed by atoms with Gasteiger partial charge in [-0.3, -0.25) is 0 Å². The Morgan fingerprint density at radius 3 is 2.15 bits per heavy atom. The van der Waals surface area contributed by atoms with Crippen LogP contribution in [0.3, 0.4) is 0 Å². The molecule has 0 aliphatic heterocycles. The lowest BCUT2D eigenvalue weighted by Crippen LogP contribution is -2.36. The summed E-state index contributed by atoms with van der Waals surface area (Å²) in [7, 11) is 0. The molecule has 13 heteroatoms. The molecule has 180 valence electrons. The minimum Gasteiger partial charge on any atom is -0.352 e. The zero-order valence-electron chi connectivity index (χ0n) is 17.7. The standard InChI is InChI=1S/C21H18F6N6S/c1-12(17-30-11-31-33(17)19-28-5-2-6-29-19)32(10-13-3-4-13)18(34)14-7-15(20(22,23)24)9-16(8-14)21(25,26)27/h2,5-9,11-13H,3-4,10H2,1H3/t12-/m0/s1. The van der Waals surface area contributed by atoms with E-state index in [0.29, 0.717) is 24.5 Å². The minimum atomic E-state index is -4.97. The number of aromatic nitrogens is 5. The fourth-order valence-corrected chi connectivity index (χ4v) is 3.82. The highest BCUT2D eigenvalue weighted by Crippen LogP contribution is 2.38. The van der Waals surface area contributed by atoms with Crippen LogP contribution >= 0.6 is 12.2 Å². The van der Waals surface area contributed by atoms with Crippen LogP contribution in [0.15, 0.2) is 43.0 Å². The largest absolute Gasteiger partial charge is 0.416 e. The van der Waals surface area contributed by atoms with Crippen molar-refractivity contribution >= 4 is 17.2 Å². The molecule has 0 amide bonds. The molecular weight excluding hydrogens is 482 g/mol. The van der Waals surface area contributed by atoms with Gasteiger partial charge in [-0.2, -0.15) is 36.1 Å². The summed E-state index contributed by atoms with van der Waals surface area (Å²) in [6.07, 6.45) is -3.88. The lowest BCUT2D eigenvalue weighted by molar-refractivity contribution is -0.143. The van der Waals surface area contributed by atoms with Gasteiger partial charge in [-0.15, -0.1) is 0 Å². The molecule has 3 aromatic rings. The third-order valence-corrected chi connectivity index (χ3v) is 5.87. The molecule has 1 aliphatic carbocycles. The smallest absolute Gasteiger partial charge is 0.352 e. The molecule has 2 aromatic heterocycles. The van der Waals surface area contributed by atoms with Crippen LogP contribution in [-0.2, 0) is 12.4 Å². The number of benzene rings is 1. The lowest BCUT2D eigenvalue weighted by atomic mass is 10.0. The number of nitrogens with zero attached hydrogens (tertiary/aromatic N) is 6. The second kappa shape index (κ2) is 8.93. The number of rotatable bonds is 6. The van der Waals surface area contributed by atoms with Crippen molar-refractivity contribution in [1.29, 1.82) is 0 Å². The Bertz CT molecular complexity index is 1140. The summed E-state index contributed by atoms with van der Waals surface area (Å²) < 4.78 is 81.7. The highest BCUT2D eigenvalue weighted by Gasteiger charge is 2.38. The summed E-state index contributed by atoms with van der Waals surface area (Å²) in [6.45, 7) is 2.05. The van der Waals surface area contributed by atoms with E-state index < -0.39 is 29.5 Å². The van der Waals surface area contributed by atoms with Crippen molar-refractivity contribution in [2.75, 3.05) is 6.54 Å². The fraction of sp³-hybridized carbons (Fsp3) is 0.381. The van der Waals surface area contributed by atoms with Crippen molar-refractivity contribution < 1.29 is 26.3 Å². The Kier molecular flexibility index (Phi) is 6.32. The van der Waals surface area contributed by atoms with Gasteiger partial charge in [-0.25, -0.2) is 15.0 Å². The van der Waals surface area contributed by atoms with Crippen molar-refractivity contribution in [3.05, 3.63) is 65.5 Å². The van der Waals surface area contributed by atoms with Crippen LogP contribution in [0.1, 0.15) is 48.3 Å². The van der Waals surface area contributed by atoms with Gasteiger partial charge in [0.1, 0.15) is 11.3 Å². The first-order chi connectivity index (χ1) is 15.9. The van der Waals surface area contributed by atoms with Gasteiger partial charge in [-0.1, -0.05) is 12.2 Å². The highest BCUT2D eigenvalue weighted by molar-refractivity contribution is 7.80. The van der Waals surface area contributed by atoms with Gasteiger partial charge in [-0.05, 0) is 49.9 Å². The highest BCUT2D eigenvalue weighted by atomic mass is 32.1. The number of halogens is 6. The maximum absolute atomic E-state index is 13.4. The molecule has 4 rings (SSSR count). The lowest BCUT2D eigenvalue weighted by Gasteiger charge is -2.31. The van der Waals surface area contributed by atoms with Crippen LogP contribution in [0.4, 0.5) is 26.3 Å². The van der Waals surface area contributed by atoms with Gasteiger partial charge in [0, 0.05) is 24.5 Å². The second-order valence-electron chi connectivity index (χ2n) is 7.95. The molecule has 0 bridgehead atoms. The van der Waals surface area contributed by atoms with Crippen molar-refractivity contribution in [2.45, 2.75) is 38.2 Å². The predicted molar refractivity (Wildman–Crippen MR) is 113 cm³/mol. The number of alkyl halides is 6. The van der Waals surface area contributed by atoms with E-state index in [2.05, 4.69) is 20.1 Å². The van der Waals surface area contributed by atoms with E-state index in [9.17, 15) is 26.3 Å². The van der Waals surface area contributed by atoms with Crippen LogP contribution in [0.25, 0.3) is 5.95 Å². The van der Waals surface area contributed by atoms with Crippen LogP contribution in [0, 0.1) is 5.92 Å². The van der Waals surface area contributed by atoms with Crippen LogP contribution in [-0.4, -0.2) is 41.2 Å². The van der Waals surface area contributed by atoms with Crippen LogP contribution in [0.5, 0.6) is 0 Å². The van der Waals surface area contributed by atoms with Crippen molar-refractivity contribution in [1.82, 2.24) is 29.6 Å². The molecule has 0 radical (unpaired) electrons. The van der Waals surface area contributed by atoms with E-state index in [0.717, 1.165) is 12.8 Å². The normalized spacial score (nSPS) is 15.3. The van der Waals surface area contributed by atoms with E-state index in [1.165, 1.54) is 23.4 Å². The Morgan fingerprint density at radius 2 is 1.62 bits per heavy atom. The maximum atomic E-state index is 13.4. The predicted octanol–water partition coefficient (Wildman–Crippen LogP) is 5.24. The molecule has 6 nitrogen and oxygen atoms in total. The fourth-order valence-electron chi connectivity index (χ4n) is 3.47. The van der Waals surface area contributed by atoms with Crippen molar-refractivity contribution in [3.8, 4) is 5.95 Å². The minimum absolute atomic E-state index is 0.0874. The Morgan fingerprint density at radius 1 is 1.03 bits per heavy atom. The summed E-state index contributed by atoms with van der Waals surface area (Å²) >= 11 is 5.47. The molecular formula is C21H18F6N6S. The molecule has 0 unspecified atom stereocenters. The maximum Gasteiger partial charge on any atom is 0.416 e. The average molecular weight is 500 g/mol. The Hall–Kier alpha value is -3.09. The molecule has 0 saturated heterocycles. The summed E-state index contributed by atoms with van der Waals surface area (Å²) in [4.78, 5) is 13.9. The zero-order valence-corrected chi connectivity index (χ0v) is 18.5. The molecule has 1 aliphatic rings. The molecule has 1 atom stereocenters. The molecule has 1 fully saturated rings. The topological polar surface area (TPSA) is 59.7 Å². The first-order valence-electron chi connectivity index (χ1n) is 10.2. The molecule has 34 heavy (non-hydrogen) atoms. The average Bonchev–Trinajstić information content (AvgIpc) is 3.48. The summed E-state index contributed by atoms with van der Waals surface area (Å²) in [5, 5.41) is 4.12. The van der Waals surface area contributed by atoms with Gasteiger partial charge in [0.25, 0.3) is 5.95 Å². The van der Waals surface area contributed by atoms with Crippen LogP contribution in [0.2, 0.25) is 0 Å². The summed E-state index contributed by atoms with van der Waals surface area (Å²) in [6, 6.07) is 2.36. The van der Waals surface area contributed by atoms with Gasteiger partial charge < -0.3 is 4.90 Å². The van der Waals surface area contributed by atoms with Gasteiger partial charge in [0.2, 0.25) is 0 Å². The zero-order chi connectivity index (χ0) is 24.7. The van der Waals surface area contributed by atoms with E-state index in [-0.39, 0.29) is 28.5 Å². The third kappa shape index (κ3) is 5.18. The molecule has 2 heterocycles. The van der Waals surface area contributed by atoms with Gasteiger partial charge >= 0.3 is 12.4 Å². The first-order valence-corrected chi connectivity index (χ1v) is 10.6. The monoisotopic (exact) mass is 500 g/mol. The van der Waals surface area contributed by atoms with Gasteiger partial charge in [0.05, 0.1) is 17.2 Å². The second-order valence-corrected chi connectivity index (χ2v) is 8.34. The quantitative estimate of drug-likeness (QED) is 0.341. The van der Waals surface area contributed by atoms with E-state index in [1.54, 1.807) is 17.9 Å². The molecule has 0 N–H and O–H groups in total. The SMILES string of the molecule is C[C@@H](c1ncnn1-c1ncccn1)N(CC1CC1)C(=S)c1cc(C(F)(F)F)cc(C(F)(F)F)c1. The first kappa shape index (κ1) is 24.0. The van der Waals surface area contributed by atoms with E-state index in [4.69, 9.17) is 12.2 Å². The molecule has 1 saturated carbocycles. The summed E-state index contributed by atoms with van der Waals surface area (Å²) in [5.74, 6) is 0.785. The number of hydrogen-bond acceptors (Lipinski definition) is 5.